The van der Waals surface area contributed by atoms with Crippen LogP contribution in [0.4, 0.5) is 0 Å². The van der Waals surface area contributed by atoms with Gasteiger partial charge in [0, 0.05) is 12.5 Å². The van der Waals surface area contributed by atoms with Gasteiger partial charge in [-0.05, 0) is 64.9 Å². The summed E-state index contributed by atoms with van der Waals surface area (Å²) in [5.74, 6) is -1.18. The van der Waals surface area contributed by atoms with Crippen LogP contribution in [-0.4, -0.2) is 126 Å². The predicted molar refractivity (Wildman–Crippen MR) is 185 cm³/mol. The van der Waals surface area contributed by atoms with Crippen molar-refractivity contribution in [2.24, 2.45) is 17.3 Å². The first-order chi connectivity index (χ1) is 24.5. The molecule has 14 heteroatoms. The van der Waals surface area contributed by atoms with Crippen molar-refractivity contribution in [3.63, 3.8) is 0 Å². The Balaban J connectivity index is 1.34. The normalized spacial score (nSPS) is 34.2. The molecule has 1 aromatic rings. The molecule has 14 nitrogen and oxygen atoms in total. The first-order valence-corrected chi connectivity index (χ1v) is 18.1. The number of carbonyl (C=O) groups excluding carboxylic acids is 2. The first kappa shape index (κ1) is 42.2. The lowest BCUT2D eigenvalue weighted by atomic mass is 9.98. The second-order valence-electron chi connectivity index (χ2n) is 15.1. The van der Waals surface area contributed by atoms with Gasteiger partial charge in [-0.15, -0.1) is 0 Å². The van der Waals surface area contributed by atoms with Crippen LogP contribution in [-0.2, 0) is 54.1 Å². The minimum absolute atomic E-state index is 0.0330. The molecule has 2 saturated heterocycles. The molecule has 294 valence electrons. The molecule has 4 N–H and O–H groups in total. The van der Waals surface area contributed by atoms with Crippen molar-refractivity contribution < 1.29 is 67.9 Å². The summed E-state index contributed by atoms with van der Waals surface area (Å²) in [5.41, 5.74) is 1.88. The number of aliphatic hydroxyl groups is 4. The Morgan fingerprint density at radius 3 is 1.96 bits per heavy atom. The summed E-state index contributed by atoms with van der Waals surface area (Å²) in [6.45, 7) is 15.1. The monoisotopic (exact) mass is 738 g/mol. The highest BCUT2D eigenvalue weighted by molar-refractivity contribution is 5.76. The standard InChI is InChI=1S/C38H58O14/c1-20(2)17-24-25(38(24,7)8)19-48-34(43)32-30(26(39)29(42)37(52-32)50-22(5)6)45-15-12-16-46-36-28(41)27(40)31(49-21(3)4)33(51-36)35(44)47-18-23-13-10-9-11-14-23/h9-11,13-14,17,21-22,24-33,36-37,39-42H,12,15-16,18-19H2,1-8H3/t24?,25?,26-,27-,28+,29+,30+,31+,32?,33?,36-,37-/m1/s1. The number of esters is 2. The third-order valence-electron chi connectivity index (χ3n) is 9.55. The molecule has 4 rings (SSSR count). The zero-order chi connectivity index (χ0) is 38.3. The van der Waals surface area contributed by atoms with Crippen molar-refractivity contribution in [1.82, 2.24) is 0 Å². The fourth-order valence-corrected chi connectivity index (χ4v) is 6.56. The second kappa shape index (κ2) is 18.7. The van der Waals surface area contributed by atoms with E-state index in [4.69, 9.17) is 37.9 Å². The molecule has 1 saturated carbocycles. The lowest BCUT2D eigenvalue weighted by molar-refractivity contribution is -0.311. The molecular weight excluding hydrogens is 680 g/mol. The van der Waals surface area contributed by atoms with E-state index < -0.39 is 79.5 Å². The number of rotatable bonds is 17. The highest BCUT2D eigenvalue weighted by atomic mass is 16.7. The minimum Gasteiger partial charge on any atom is -0.463 e. The van der Waals surface area contributed by atoms with Gasteiger partial charge >= 0.3 is 11.9 Å². The average Bonchev–Trinajstić information content (AvgIpc) is 3.60. The van der Waals surface area contributed by atoms with Crippen LogP contribution in [0.2, 0.25) is 0 Å². The van der Waals surface area contributed by atoms with Gasteiger partial charge in [0.05, 0.1) is 25.4 Å². The van der Waals surface area contributed by atoms with Gasteiger partial charge in [-0.2, -0.15) is 0 Å². The van der Waals surface area contributed by atoms with Crippen LogP contribution in [0.15, 0.2) is 42.0 Å². The van der Waals surface area contributed by atoms with E-state index >= 15 is 0 Å². The molecular formula is C38H58O14. The summed E-state index contributed by atoms with van der Waals surface area (Å²) in [4.78, 5) is 26.5. The second-order valence-corrected chi connectivity index (χ2v) is 15.1. The molecule has 0 radical (unpaired) electrons. The molecule has 12 atom stereocenters. The van der Waals surface area contributed by atoms with Crippen LogP contribution in [0.5, 0.6) is 0 Å². The van der Waals surface area contributed by atoms with Gasteiger partial charge in [0.25, 0.3) is 0 Å². The molecule has 3 aliphatic rings. The van der Waals surface area contributed by atoms with Gasteiger partial charge < -0.3 is 58.3 Å². The smallest absolute Gasteiger partial charge is 0.338 e. The quantitative estimate of drug-likeness (QED) is 0.104. The summed E-state index contributed by atoms with van der Waals surface area (Å²) >= 11 is 0. The maximum atomic E-state index is 13.4. The highest BCUT2D eigenvalue weighted by Crippen LogP contribution is 2.59. The molecule has 1 aliphatic carbocycles. The van der Waals surface area contributed by atoms with Crippen molar-refractivity contribution in [2.75, 3.05) is 19.8 Å². The molecule has 0 spiro atoms. The number of ether oxygens (including phenoxy) is 8. The van der Waals surface area contributed by atoms with Gasteiger partial charge in [0.15, 0.2) is 24.8 Å². The van der Waals surface area contributed by atoms with E-state index in [0.717, 1.165) is 5.56 Å². The van der Waals surface area contributed by atoms with E-state index in [1.165, 1.54) is 5.57 Å². The summed E-state index contributed by atoms with van der Waals surface area (Å²) in [7, 11) is 0. The SMILES string of the molecule is CC(C)=CC1C(COC(=O)C2O[C@@H](OC(C)C)[C@@H](O)[C@@H](O)[C@@H]2OCCCO[C@@H]2OC(C(=O)OCc3ccccc3)[C@@H](OC(C)C)[C@H](O)[C@@H]2O)C1(C)C. The summed E-state index contributed by atoms with van der Waals surface area (Å²) < 4.78 is 45.8. The fraction of sp³-hybridized carbons (Fsp3) is 0.737. The molecule has 2 aliphatic heterocycles. The predicted octanol–water partition coefficient (Wildman–Crippen LogP) is 2.42. The Bertz CT molecular complexity index is 1310. The highest BCUT2D eigenvalue weighted by Gasteiger charge is 2.57. The molecule has 1 aromatic carbocycles. The molecule has 4 unspecified atom stereocenters. The number of hydrogen-bond donors (Lipinski definition) is 4. The number of allylic oxidation sites excluding steroid dienone is 2. The third kappa shape index (κ3) is 10.8. The molecule has 0 aromatic heterocycles. The van der Waals surface area contributed by atoms with Crippen molar-refractivity contribution >= 4 is 11.9 Å². The van der Waals surface area contributed by atoms with E-state index in [-0.39, 0.29) is 56.2 Å². The largest absolute Gasteiger partial charge is 0.463 e. The lowest BCUT2D eigenvalue weighted by Gasteiger charge is -2.42. The topological polar surface area (TPSA) is 189 Å². The summed E-state index contributed by atoms with van der Waals surface area (Å²) in [5, 5.41) is 43.5. The van der Waals surface area contributed by atoms with Crippen molar-refractivity contribution in [2.45, 2.75) is 142 Å². The maximum Gasteiger partial charge on any atom is 0.338 e. The van der Waals surface area contributed by atoms with E-state index in [1.807, 2.05) is 32.0 Å². The average molecular weight is 739 g/mol. The van der Waals surface area contributed by atoms with Crippen molar-refractivity contribution in [3.8, 4) is 0 Å². The van der Waals surface area contributed by atoms with Gasteiger partial charge in [-0.1, -0.05) is 55.8 Å². The van der Waals surface area contributed by atoms with E-state index in [9.17, 15) is 30.0 Å². The summed E-state index contributed by atoms with van der Waals surface area (Å²) in [6, 6.07) is 9.04. The maximum absolute atomic E-state index is 13.4. The Hall–Kier alpha value is -2.50. The van der Waals surface area contributed by atoms with Crippen LogP contribution in [0, 0.1) is 17.3 Å². The lowest BCUT2D eigenvalue weighted by Crippen LogP contribution is -2.62. The van der Waals surface area contributed by atoms with E-state index in [1.54, 1.807) is 39.8 Å². The van der Waals surface area contributed by atoms with Crippen LogP contribution in [0.1, 0.15) is 67.4 Å². The van der Waals surface area contributed by atoms with E-state index in [2.05, 4.69) is 19.9 Å². The molecule has 2 heterocycles. The third-order valence-corrected chi connectivity index (χ3v) is 9.55. The van der Waals surface area contributed by atoms with Crippen LogP contribution in [0.3, 0.4) is 0 Å². The van der Waals surface area contributed by atoms with E-state index in [0.29, 0.717) is 0 Å². The first-order valence-electron chi connectivity index (χ1n) is 18.1. The molecule has 52 heavy (non-hydrogen) atoms. The van der Waals surface area contributed by atoms with Gasteiger partial charge in [0.1, 0.15) is 43.2 Å². The zero-order valence-corrected chi connectivity index (χ0v) is 31.5. The Labute approximate surface area is 306 Å². The number of benzene rings is 1. The van der Waals surface area contributed by atoms with Crippen LogP contribution >= 0.6 is 0 Å². The molecule has 0 amide bonds. The van der Waals surface area contributed by atoms with Gasteiger partial charge in [-0.25, -0.2) is 9.59 Å². The van der Waals surface area contributed by atoms with Gasteiger partial charge in [0.2, 0.25) is 0 Å². The number of aliphatic hydroxyl groups excluding tert-OH is 4. The number of hydrogen-bond acceptors (Lipinski definition) is 14. The number of carbonyl (C=O) groups is 2. The minimum atomic E-state index is -1.56. The Morgan fingerprint density at radius 1 is 0.769 bits per heavy atom. The Kier molecular flexibility index (Phi) is 15.2. The van der Waals surface area contributed by atoms with Crippen molar-refractivity contribution in [1.29, 1.82) is 0 Å². The molecule has 0 bridgehead atoms. The summed E-state index contributed by atoms with van der Waals surface area (Å²) in [6.07, 6.45) is -12.6. The van der Waals surface area contributed by atoms with Gasteiger partial charge in [-0.3, -0.25) is 0 Å². The molecule has 3 fully saturated rings. The van der Waals surface area contributed by atoms with Crippen LogP contribution in [0.25, 0.3) is 0 Å². The van der Waals surface area contributed by atoms with Crippen molar-refractivity contribution in [3.05, 3.63) is 47.5 Å². The Morgan fingerprint density at radius 2 is 1.33 bits per heavy atom. The fourth-order valence-electron chi connectivity index (χ4n) is 6.56. The zero-order valence-electron chi connectivity index (χ0n) is 31.5. The van der Waals surface area contributed by atoms with Crippen LogP contribution < -0.4 is 0 Å².